The molecule has 158 valence electrons. The molecule has 0 spiro atoms. The van der Waals surface area contributed by atoms with Gasteiger partial charge in [-0.15, -0.1) is 0 Å². The molecule has 0 amide bonds. The SMILES string of the molecule is CC(=CCCC(C)CO)[C@H]1CC[C@H]2[C@@H]3CC=C4CCCC[C@]4(C)[C@H]3CC[C@]12C. The number of aliphatic hydroxyl groups is 1. The van der Waals surface area contributed by atoms with Crippen LogP contribution in [-0.4, -0.2) is 11.7 Å². The summed E-state index contributed by atoms with van der Waals surface area (Å²) in [6, 6.07) is 0. The molecule has 0 aromatic carbocycles. The molecule has 28 heavy (non-hydrogen) atoms. The summed E-state index contributed by atoms with van der Waals surface area (Å²) in [6.45, 7) is 10.2. The summed E-state index contributed by atoms with van der Waals surface area (Å²) < 4.78 is 0. The largest absolute Gasteiger partial charge is 0.396 e. The van der Waals surface area contributed by atoms with E-state index in [1.807, 2.05) is 5.57 Å². The summed E-state index contributed by atoms with van der Waals surface area (Å²) in [7, 11) is 0. The molecular formula is C27H44O. The summed E-state index contributed by atoms with van der Waals surface area (Å²) in [4.78, 5) is 0. The van der Waals surface area contributed by atoms with Crippen LogP contribution >= 0.6 is 0 Å². The summed E-state index contributed by atoms with van der Waals surface area (Å²) in [5.74, 6) is 4.07. The molecule has 4 aliphatic carbocycles. The first kappa shape index (κ1) is 20.7. The monoisotopic (exact) mass is 384 g/mol. The molecule has 4 aliphatic rings. The fourth-order valence-corrected chi connectivity index (χ4v) is 8.28. The fraction of sp³-hybridized carbons (Fsp3) is 0.852. The average Bonchev–Trinajstić information content (AvgIpc) is 3.04. The molecule has 0 heterocycles. The standard InChI is InChI=1S/C27H44O/c1-19(18-28)8-7-9-20(2)23-13-14-24-22-12-11-21-10-5-6-16-26(21,3)25(22)15-17-27(23,24)4/h9,11,19,22-25,28H,5-8,10,12-18H2,1-4H3/t19?,22-,23+,24-,25-,26-,27+/m0/s1. The Hall–Kier alpha value is -0.560. The van der Waals surface area contributed by atoms with Crippen LogP contribution in [0, 0.1) is 40.4 Å². The minimum atomic E-state index is 0.327. The Kier molecular flexibility index (Phi) is 5.87. The van der Waals surface area contributed by atoms with Crippen molar-refractivity contribution >= 4 is 0 Å². The zero-order chi connectivity index (χ0) is 19.9. The number of hydrogen-bond acceptors (Lipinski definition) is 1. The van der Waals surface area contributed by atoms with Crippen molar-refractivity contribution < 1.29 is 5.11 Å². The maximum atomic E-state index is 9.29. The van der Waals surface area contributed by atoms with Crippen LogP contribution in [0.15, 0.2) is 23.3 Å². The van der Waals surface area contributed by atoms with Gasteiger partial charge in [0.05, 0.1) is 0 Å². The summed E-state index contributed by atoms with van der Waals surface area (Å²) in [5, 5.41) is 9.29. The average molecular weight is 385 g/mol. The maximum Gasteiger partial charge on any atom is 0.0456 e. The van der Waals surface area contributed by atoms with E-state index in [-0.39, 0.29) is 0 Å². The third kappa shape index (κ3) is 3.34. The highest BCUT2D eigenvalue weighted by molar-refractivity contribution is 5.25. The van der Waals surface area contributed by atoms with E-state index in [4.69, 9.17) is 0 Å². The number of fused-ring (bicyclic) bond motifs is 5. The van der Waals surface area contributed by atoms with Gasteiger partial charge in [-0.25, -0.2) is 0 Å². The van der Waals surface area contributed by atoms with E-state index in [1.54, 1.807) is 5.57 Å². The van der Waals surface area contributed by atoms with Crippen LogP contribution < -0.4 is 0 Å². The smallest absolute Gasteiger partial charge is 0.0456 e. The lowest BCUT2D eigenvalue weighted by Crippen LogP contribution is -2.49. The number of aliphatic hydroxyl groups excluding tert-OH is 1. The highest BCUT2D eigenvalue weighted by atomic mass is 16.3. The van der Waals surface area contributed by atoms with Crippen molar-refractivity contribution in [3.63, 3.8) is 0 Å². The predicted molar refractivity (Wildman–Crippen MR) is 119 cm³/mol. The van der Waals surface area contributed by atoms with Crippen LogP contribution in [0.1, 0.15) is 98.3 Å². The van der Waals surface area contributed by atoms with Crippen LogP contribution in [0.25, 0.3) is 0 Å². The van der Waals surface area contributed by atoms with Gasteiger partial charge in [0, 0.05) is 6.61 Å². The molecule has 0 aromatic heterocycles. The molecule has 0 saturated heterocycles. The van der Waals surface area contributed by atoms with Gasteiger partial charge in [-0.1, -0.05) is 50.5 Å². The third-order valence-electron chi connectivity index (χ3n) is 10.0. The number of rotatable bonds is 5. The quantitative estimate of drug-likeness (QED) is 0.493. The minimum Gasteiger partial charge on any atom is -0.396 e. The van der Waals surface area contributed by atoms with Crippen molar-refractivity contribution in [3.8, 4) is 0 Å². The Balaban J connectivity index is 1.51. The van der Waals surface area contributed by atoms with Crippen molar-refractivity contribution in [2.45, 2.75) is 98.3 Å². The first-order valence-electron chi connectivity index (χ1n) is 12.4. The van der Waals surface area contributed by atoms with Crippen molar-refractivity contribution in [2.24, 2.45) is 40.4 Å². The van der Waals surface area contributed by atoms with Gasteiger partial charge in [-0.3, -0.25) is 0 Å². The second kappa shape index (κ2) is 7.93. The zero-order valence-corrected chi connectivity index (χ0v) is 19.0. The Labute approximate surface area is 174 Å². The second-order valence-corrected chi connectivity index (χ2v) is 11.5. The lowest BCUT2D eigenvalue weighted by Gasteiger charge is -2.57. The molecule has 1 unspecified atom stereocenters. The van der Waals surface area contributed by atoms with Gasteiger partial charge >= 0.3 is 0 Å². The van der Waals surface area contributed by atoms with E-state index in [1.165, 1.54) is 57.8 Å². The van der Waals surface area contributed by atoms with E-state index in [0.717, 1.165) is 36.5 Å². The van der Waals surface area contributed by atoms with Gasteiger partial charge in [0.15, 0.2) is 0 Å². The van der Waals surface area contributed by atoms with Gasteiger partial charge in [-0.2, -0.15) is 0 Å². The van der Waals surface area contributed by atoms with Crippen LogP contribution in [0.5, 0.6) is 0 Å². The third-order valence-corrected chi connectivity index (χ3v) is 10.0. The first-order valence-corrected chi connectivity index (χ1v) is 12.4. The lowest BCUT2D eigenvalue weighted by atomic mass is 9.47. The van der Waals surface area contributed by atoms with Crippen molar-refractivity contribution in [2.75, 3.05) is 6.61 Å². The highest BCUT2D eigenvalue weighted by Gasteiger charge is 2.58. The molecule has 7 atom stereocenters. The molecule has 0 aliphatic heterocycles. The molecule has 1 nitrogen and oxygen atoms in total. The van der Waals surface area contributed by atoms with Gasteiger partial charge in [0.25, 0.3) is 0 Å². The van der Waals surface area contributed by atoms with Crippen molar-refractivity contribution in [1.82, 2.24) is 0 Å². The Morgan fingerprint density at radius 1 is 1.18 bits per heavy atom. The minimum absolute atomic E-state index is 0.327. The highest BCUT2D eigenvalue weighted by Crippen LogP contribution is 2.67. The lowest BCUT2D eigenvalue weighted by molar-refractivity contribution is -0.0360. The fourth-order valence-electron chi connectivity index (χ4n) is 8.28. The number of hydrogen-bond donors (Lipinski definition) is 1. The molecule has 0 radical (unpaired) electrons. The molecule has 1 heteroatoms. The molecule has 3 saturated carbocycles. The van der Waals surface area contributed by atoms with Crippen molar-refractivity contribution in [3.05, 3.63) is 23.3 Å². The number of allylic oxidation sites excluding steroid dienone is 4. The second-order valence-electron chi connectivity index (χ2n) is 11.5. The molecule has 1 N–H and O–H groups in total. The van der Waals surface area contributed by atoms with Gasteiger partial charge in [-0.05, 0) is 112 Å². The molecular weight excluding hydrogens is 340 g/mol. The molecule has 0 aromatic rings. The van der Waals surface area contributed by atoms with Crippen LogP contribution in [0.2, 0.25) is 0 Å². The van der Waals surface area contributed by atoms with E-state index >= 15 is 0 Å². The van der Waals surface area contributed by atoms with Crippen LogP contribution in [-0.2, 0) is 0 Å². The predicted octanol–water partition coefficient (Wildman–Crippen LogP) is 7.31. The Bertz CT molecular complexity index is 630. The van der Waals surface area contributed by atoms with E-state index in [9.17, 15) is 5.11 Å². The zero-order valence-electron chi connectivity index (χ0n) is 19.0. The van der Waals surface area contributed by atoms with Gasteiger partial charge < -0.3 is 5.11 Å². The summed E-state index contributed by atoms with van der Waals surface area (Å²) >= 11 is 0. The Morgan fingerprint density at radius 3 is 2.79 bits per heavy atom. The Morgan fingerprint density at radius 2 is 2.00 bits per heavy atom. The van der Waals surface area contributed by atoms with Crippen LogP contribution in [0.3, 0.4) is 0 Å². The molecule has 4 rings (SSSR count). The van der Waals surface area contributed by atoms with Gasteiger partial charge in [0.2, 0.25) is 0 Å². The van der Waals surface area contributed by atoms with E-state index in [2.05, 4.69) is 39.8 Å². The van der Waals surface area contributed by atoms with Crippen LogP contribution in [0.4, 0.5) is 0 Å². The molecule has 0 bridgehead atoms. The normalized spacial score (nSPS) is 44.3. The van der Waals surface area contributed by atoms with Crippen molar-refractivity contribution in [1.29, 1.82) is 0 Å². The van der Waals surface area contributed by atoms with Gasteiger partial charge in [0.1, 0.15) is 0 Å². The van der Waals surface area contributed by atoms with E-state index in [0.29, 0.717) is 23.4 Å². The molecule has 3 fully saturated rings. The first-order chi connectivity index (χ1) is 13.4. The van der Waals surface area contributed by atoms with E-state index < -0.39 is 0 Å². The summed E-state index contributed by atoms with van der Waals surface area (Å²) in [6.07, 6.45) is 20.4. The maximum absolute atomic E-state index is 9.29. The summed E-state index contributed by atoms with van der Waals surface area (Å²) in [5.41, 5.74) is 4.56. The topological polar surface area (TPSA) is 20.2 Å².